The molecule has 2 rings (SSSR count). The summed E-state index contributed by atoms with van der Waals surface area (Å²) in [6, 6.07) is 4.47. The Morgan fingerprint density at radius 3 is 2.52 bits per heavy atom. The van der Waals surface area contributed by atoms with Crippen LogP contribution in [0.15, 0.2) is 57.6 Å². The van der Waals surface area contributed by atoms with E-state index in [4.69, 9.17) is 4.28 Å². The molecule has 132 valence electrons. The van der Waals surface area contributed by atoms with Crippen LogP contribution in [0.1, 0.15) is 20.8 Å². The SMILES string of the molecule is CC1=CC(=NOS(=O)(=O)c2cccc([N+](=O)[O-])c2)C(C(C)C)=CC1=O. The van der Waals surface area contributed by atoms with Crippen molar-refractivity contribution in [2.75, 3.05) is 0 Å². The third-order valence-corrected chi connectivity index (χ3v) is 4.60. The first kappa shape index (κ1) is 18.5. The van der Waals surface area contributed by atoms with Gasteiger partial charge >= 0.3 is 10.1 Å². The monoisotopic (exact) mass is 364 g/mol. The maximum atomic E-state index is 12.2. The molecule has 0 N–H and O–H groups in total. The summed E-state index contributed by atoms with van der Waals surface area (Å²) in [5.74, 6) is -0.250. The maximum absolute atomic E-state index is 12.2. The minimum absolute atomic E-state index is 0.0730. The van der Waals surface area contributed by atoms with Crippen molar-refractivity contribution in [3.05, 3.63) is 57.7 Å². The second kappa shape index (κ2) is 6.98. The molecule has 1 aliphatic rings. The van der Waals surface area contributed by atoms with Crippen molar-refractivity contribution in [1.82, 2.24) is 0 Å². The van der Waals surface area contributed by atoms with Gasteiger partial charge in [0.1, 0.15) is 10.6 Å². The topological polar surface area (TPSA) is 116 Å². The van der Waals surface area contributed by atoms with E-state index in [1.165, 1.54) is 30.4 Å². The fraction of sp³-hybridized carbons (Fsp3) is 0.250. The largest absolute Gasteiger partial charge is 0.358 e. The Hall–Kier alpha value is -2.81. The Morgan fingerprint density at radius 1 is 1.24 bits per heavy atom. The van der Waals surface area contributed by atoms with Crippen LogP contribution in [0.25, 0.3) is 0 Å². The number of allylic oxidation sites excluding steroid dienone is 4. The highest BCUT2D eigenvalue weighted by molar-refractivity contribution is 7.86. The molecule has 1 aromatic rings. The Bertz CT molecular complexity index is 926. The summed E-state index contributed by atoms with van der Waals surface area (Å²) in [5, 5.41) is 14.4. The molecule has 1 aliphatic carbocycles. The molecule has 8 nitrogen and oxygen atoms in total. The van der Waals surface area contributed by atoms with Crippen LogP contribution < -0.4 is 0 Å². The highest BCUT2D eigenvalue weighted by Gasteiger charge is 2.22. The zero-order valence-corrected chi connectivity index (χ0v) is 14.6. The Morgan fingerprint density at radius 2 is 1.92 bits per heavy atom. The number of non-ortho nitro benzene ring substituents is 1. The van der Waals surface area contributed by atoms with Crippen molar-refractivity contribution in [3.8, 4) is 0 Å². The lowest BCUT2D eigenvalue weighted by molar-refractivity contribution is -0.385. The number of carbonyl (C=O) groups excluding carboxylic acids is 1. The van der Waals surface area contributed by atoms with E-state index in [-0.39, 0.29) is 28.0 Å². The highest BCUT2D eigenvalue weighted by Crippen LogP contribution is 2.22. The van der Waals surface area contributed by atoms with Gasteiger partial charge in [0.15, 0.2) is 5.78 Å². The van der Waals surface area contributed by atoms with Crippen LogP contribution in [0.3, 0.4) is 0 Å². The van der Waals surface area contributed by atoms with Crippen molar-refractivity contribution >= 4 is 27.3 Å². The highest BCUT2D eigenvalue weighted by atomic mass is 32.2. The predicted molar refractivity (Wildman–Crippen MR) is 90.5 cm³/mol. The lowest BCUT2D eigenvalue weighted by Crippen LogP contribution is -2.17. The molecule has 0 heterocycles. The number of rotatable bonds is 5. The molecule has 0 radical (unpaired) electrons. The third kappa shape index (κ3) is 4.18. The molecular formula is C16H16N2O6S. The second-order valence-electron chi connectivity index (χ2n) is 5.71. The van der Waals surface area contributed by atoms with Crippen molar-refractivity contribution in [1.29, 1.82) is 0 Å². The van der Waals surface area contributed by atoms with Gasteiger partial charge in [-0.15, -0.1) is 0 Å². The van der Waals surface area contributed by atoms with Crippen LogP contribution in [0.4, 0.5) is 5.69 Å². The van der Waals surface area contributed by atoms with E-state index >= 15 is 0 Å². The number of ketones is 1. The molecule has 0 saturated carbocycles. The van der Waals surface area contributed by atoms with Gasteiger partial charge in [0.2, 0.25) is 0 Å². The molecule has 9 heteroatoms. The minimum Gasteiger partial charge on any atom is -0.290 e. The molecule has 1 aromatic carbocycles. The summed E-state index contributed by atoms with van der Waals surface area (Å²) in [6.07, 6.45) is 2.84. The van der Waals surface area contributed by atoms with E-state index in [1.807, 2.05) is 13.8 Å². The van der Waals surface area contributed by atoms with Gasteiger partial charge in [0.05, 0.1) is 4.92 Å². The number of benzene rings is 1. The van der Waals surface area contributed by atoms with Crippen LogP contribution >= 0.6 is 0 Å². The molecule has 0 atom stereocenters. The first-order valence-electron chi connectivity index (χ1n) is 7.32. The molecule has 0 saturated heterocycles. The maximum Gasteiger partial charge on any atom is 0.358 e. The fourth-order valence-corrected chi connectivity index (χ4v) is 2.89. The van der Waals surface area contributed by atoms with Crippen molar-refractivity contribution in [2.24, 2.45) is 11.1 Å². The van der Waals surface area contributed by atoms with Crippen LogP contribution in [0, 0.1) is 16.0 Å². The quantitative estimate of drug-likeness (QED) is 0.450. The number of nitro benzene ring substituents is 1. The Labute approximate surface area is 144 Å². The number of nitrogens with zero attached hydrogens (tertiary/aromatic N) is 2. The summed E-state index contributed by atoms with van der Waals surface area (Å²) in [6.45, 7) is 5.25. The predicted octanol–water partition coefficient (Wildman–Crippen LogP) is 2.77. The molecule has 0 bridgehead atoms. The molecule has 25 heavy (non-hydrogen) atoms. The van der Waals surface area contributed by atoms with Gasteiger partial charge in [-0.1, -0.05) is 25.1 Å². The summed E-state index contributed by atoms with van der Waals surface area (Å²) in [5.41, 5.74) is 0.796. The second-order valence-corrected chi connectivity index (χ2v) is 7.23. The van der Waals surface area contributed by atoms with E-state index in [1.54, 1.807) is 6.92 Å². The molecule has 0 unspecified atom stereocenters. The molecule has 0 spiro atoms. The zero-order chi connectivity index (χ0) is 18.8. The average Bonchev–Trinajstić information content (AvgIpc) is 2.55. The Kier molecular flexibility index (Phi) is 5.17. The molecule has 0 fully saturated rings. The smallest absolute Gasteiger partial charge is 0.290 e. The van der Waals surface area contributed by atoms with E-state index in [0.29, 0.717) is 11.1 Å². The van der Waals surface area contributed by atoms with Gasteiger partial charge in [0, 0.05) is 12.1 Å². The normalized spacial score (nSPS) is 16.6. The number of hydrogen-bond acceptors (Lipinski definition) is 7. The van der Waals surface area contributed by atoms with Gasteiger partial charge < -0.3 is 0 Å². The first-order chi connectivity index (χ1) is 11.6. The molecular weight excluding hydrogens is 348 g/mol. The van der Waals surface area contributed by atoms with E-state index in [0.717, 1.165) is 6.07 Å². The van der Waals surface area contributed by atoms with Gasteiger partial charge in [0.25, 0.3) is 5.69 Å². The minimum atomic E-state index is -4.33. The molecule has 0 aromatic heterocycles. The number of hydrogen-bond donors (Lipinski definition) is 0. The number of oxime groups is 1. The standard InChI is InChI=1S/C16H16N2O6S/c1-10(2)14-9-16(19)11(3)7-15(14)17-24-25(22,23)13-6-4-5-12(8-13)18(20)21/h4-10H,1-3H3. The van der Waals surface area contributed by atoms with Gasteiger partial charge in [-0.25, -0.2) is 0 Å². The summed E-state index contributed by atoms with van der Waals surface area (Å²) in [4.78, 5) is 21.4. The zero-order valence-electron chi connectivity index (χ0n) is 13.8. The van der Waals surface area contributed by atoms with Gasteiger partial charge in [-0.05, 0) is 42.2 Å². The van der Waals surface area contributed by atoms with E-state index in [2.05, 4.69) is 5.16 Å². The summed E-state index contributed by atoms with van der Waals surface area (Å²) in [7, 11) is -4.33. The average molecular weight is 364 g/mol. The van der Waals surface area contributed by atoms with Crippen LogP contribution in [-0.2, 0) is 19.2 Å². The first-order valence-corrected chi connectivity index (χ1v) is 8.73. The lowest BCUT2D eigenvalue weighted by Gasteiger charge is -2.15. The third-order valence-electron chi connectivity index (χ3n) is 3.50. The fourth-order valence-electron chi connectivity index (χ4n) is 2.11. The van der Waals surface area contributed by atoms with Crippen LogP contribution in [0.2, 0.25) is 0 Å². The summed E-state index contributed by atoms with van der Waals surface area (Å²) >= 11 is 0. The van der Waals surface area contributed by atoms with Gasteiger partial charge in [-0.2, -0.15) is 8.42 Å². The van der Waals surface area contributed by atoms with Crippen molar-refractivity contribution in [2.45, 2.75) is 25.7 Å². The van der Waals surface area contributed by atoms with Crippen LogP contribution in [0.5, 0.6) is 0 Å². The van der Waals surface area contributed by atoms with Crippen molar-refractivity contribution in [3.63, 3.8) is 0 Å². The molecule has 0 aliphatic heterocycles. The Balaban J connectivity index is 2.36. The summed E-state index contributed by atoms with van der Waals surface area (Å²) < 4.78 is 29.1. The number of nitro groups is 1. The number of carbonyl (C=O) groups is 1. The van der Waals surface area contributed by atoms with Crippen molar-refractivity contribution < 1.29 is 22.4 Å². The molecule has 0 amide bonds. The van der Waals surface area contributed by atoms with E-state index in [9.17, 15) is 23.3 Å². The van der Waals surface area contributed by atoms with Crippen LogP contribution in [-0.4, -0.2) is 24.8 Å². The van der Waals surface area contributed by atoms with Gasteiger partial charge in [-0.3, -0.25) is 19.2 Å². The van der Waals surface area contributed by atoms with E-state index < -0.39 is 15.0 Å². The lowest BCUT2D eigenvalue weighted by atomic mass is 9.90.